The van der Waals surface area contributed by atoms with Gasteiger partial charge in [-0.15, -0.1) is 0 Å². The number of rotatable bonds is 3. The zero-order chi connectivity index (χ0) is 14.1. The van der Waals surface area contributed by atoms with Crippen LogP contribution in [0.5, 0.6) is 0 Å². The Kier molecular flexibility index (Phi) is 3.11. The van der Waals surface area contributed by atoms with Crippen molar-refractivity contribution in [3.8, 4) is 0 Å². The standard InChI is InChI=1S/C17H15NO2/c1-18-14-10-6-5-9-13(14)16(17(18)20)15(19)11-12-7-3-2-4-8-12/h2-10,16H,11H2,1H3. The SMILES string of the molecule is CN1C(=O)C(C(=O)Cc2ccccc2)c2ccccc21. The molecular weight excluding hydrogens is 250 g/mol. The molecule has 1 aliphatic rings. The number of amides is 1. The van der Waals surface area contributed by atoms with Gasteiger partial charge in [-0.25, -0.2) is 0 Å². The fraction of sp³-hybridized carbons (Fsp3) is 0.176. The molecule has 100 valence electrons. The fourth-order valence-electron chi connectivity index (χ4n) is 2.69. The molecule has 0 aliphatic carbocycles. The monoisotopic (exact) mass is 265 g/mol. The van der Waals surface area contributed by atoms with Crippen LogP contribution in [0.4, 0.5) is 5.69 Å². The summed E-state index contributed by atoms with van der Waals surface area (Å²) in [5.74, 6) is -0.832. The van der Waals surface area contributed by atoms with Crippen molar-refractivity contribution in [2.24, 2.45) is 0 Å². The van der Waals surface area contributed by atoms with E-state index in [2.05, 4.69) is 0 Å². The summed E-state index contributed by atoms with van der Waals surface area (Å²) in [6.07, 6.45) is 0.291. The Morgan fingerprint density at radius 1 is 1.05 bits per heavy atom. The molecule has 1 amide bonds. The predicted molar refractivity (Wildman–Crippen MR) is 77.7 cm³/mol. The lowest BCUT2D eigenvalue weighted by Gasteiger charge is -2.10. The van der Waals surface area contributed by atoms with E-state index in [0.717, 1.165) is 16.8 Å². The number of carbonyl (C=O) groups excluding carboxylic acids is 2. The Labute approximate surface area is 117 Å². The molecule has 0 N–H and O–H groups in total. The molecule has 3 heteroatoms. The first-order valence-electron chi connectivity index (χ1n) is 6.61. The summed E-state index contributed by atoms with van der Waals surface area (Å²) in [4.78, 5) is 26.4. The van der Waals surface area contributed by atoms with E-state index in [9.17, 15) is 9.59 Å². The molecule has 1 heterocycles. The van der Waals surface area contributed by atoms with Crippen molar-refractivity contribution in [1.82, 2.24) is 0 Å². The molecular formula is C17H15NO2. The number of carbonyl (C=O) groups is 2. The first kappa shape index (κ1) is 12.6. The highest BCUT2D eigenvalue weighted by molar-refractivity contribution is 6.18. The third-order valence-electron chi connectivity index (χ3n) is 3.73. The zero-order valence-corrected chi connectivity index (χ0v) is 11.2. The Bertz CT molecular complexity index is 664. The van der Waals surface area contributed by atoms with Crippen LogP contribution in [-0.4, -0.2) is 18.7 Å². The van der Waals surface area contributed by atoms with Crippen LogP contribution in [0.1, 0.15) is 17.0 Å². The molecule has 2 aromatic rings. The van der Waals surface area contributed by atoms with E-state index in [1.807, 2.05) is 54.6 Å². The topological polar surface area (TPSA) is 37.4 Å². The summed E-state index contributed by atoms with van der Waals surface area (Å²) in [6, 6.07) is 17.0. The third-order valence-corrected chi connectivity index (χ3v) is 3.73. The molecule has 0 saturated carbocycles. The van der Waals surface area contributed by atoms with Crippen LogP contribution in [0.2, 0.25) is 0 Å². The normalized spacial score (nSPS) is 17.1. The highest BCUT2D eigenvalue weighted by Crippen LogP contribution is 2.37. The second kappa shape index (κ2) is 4.93. The minimum absolute atomic E-state index is 0.0435. The lowest BCUT2D eigenvalue weighted by Crippen LogP contribution is -2.28. The number of fused-ring (bicyclic) bond motifs is 1. The molecule has 1 aliphatic heterocycles. The summed E-state index contributed by atoms with van der Waals surface area (Å²) < 4.78 is 0. The van der Waals surface area contributed by atoms with Crippen molar-refractivity contribution in [3.63, 3.8) is 0 Å². The molecule has 0 spiro atoms. The highest BCUT2D eigenvalue weighted by Gasteiger charge is 2.39. The average molecular weight is 265 g/mol. The number of nitrogens with zero attached hydrogens (tertiary/aromatic N) is 1. The van der Waals surface area contributed by atoms with E-state index in [1.54, 1.807) is 11.9 Å². The van der Waals surface area contributed by atoms with Crippen LogP contribution in [0.25, 0.3) is 0 Å². The summed E-state index contributed by atoms with van der Waals surface area (Å²) in [5, 5.41) is 0. The molecule has 1 atom stereocenters. The molecule has 0 bridgehead atoms. The van der Waals surface area contributed by atoms with E-state index < -0.39 is 5.92 Å². The zero-order valence-electron chi connectivity index (χ0n) is 11.2. The number of hydrogen-bond donors (Lipinski definition) is 0. The third kappa shape index (κ3) is 2.01. The number of anilines is 1. The molecule has 3 rings (SSSR count). The van der Waals surface area contributed by atoms with Crippen molar-refractivity contribution < 1.29 is 9.59 Å². The minimum atomic E-state index is -0.656. The molecule has 0 fully saturated rings. The lowest BCUT2D eigenvalue weighted by molar-refractivity contribution is -0.127. The van der Waals surface area contributed by atoms with Gasteiger partial charge in [0.1, 0.15) is 5.92 Å². The number of benzene rings is 2. The van der Waals surface area contributed by atoms with E-state index in [1.165, 1.54) is 0 Å². The first-order valence-corrected chi connectivity index (χ1v) is 6.61. The Balaban J connectivity index is 1.91. The number of hydrogen-bond acceptors (Lipinski definition) is 2. The maximum atomic E-state index is 12.5. The minimum Gasteiger partial charge on any atom is -0.314 e. The summed E-state index contributed by atoms with van der Waals surface area (Å²) >= 11 is 0. The molecule has 0 aromatic heterocycles. The van der Waals surface area contributed by atoms with Gasteiger partial charge in [-0.05, 0) is 17.2 Å². The van der Waals surface area contributed by atoms with Gasteiger partial charge in [0.2, 0.25) is 5.91 Å². The second-order valence-corrected chi connectivity index (χ2v) is 5.02. The van der Waals surface area contributed by atoms with Crippen LogP contribution >= 0.6 is 0 Å². The number of para-hydroxylation sites is 1. The molecule has 20 heavy (non-hydrogen) atoms. The van der Waals surface area contributed by atoms with E-state index in [4.69, 9.17) is 0 Å². The number of Topliss-reactive ketones (excluding diaryl/α,β-unsaturated/α-hetero) is 1. The molecule has 1 unspecified atom stereocenters. The van der Waals surface area contributed by atoms with Gasteiger partial charge in [0, 0.05) is 19.2 Å². The van der Waals surface area contributed by atoms with Crippen molar-refractivity contribution in [2.75, 3.05) is 11.9 Å². The van der Waals surface area contributed by atoms with E-state index >= 15 is 0 Å². The van der Waals surface area contributed by atoms with Gasteiger partial charge >= 0.3 is 0 Å². The van der Waals surface area contributed by atoms with Crippen molar-refractivity contribution in [1.29, 1.82) is 0 Å². The van der Waals surface area contributed by atoms with Gasteiger partial charge in [0.25, 0.3) is 0 Å². The predicted octanol–water partition coefficient (Wildman–Crippen LogP) is 2.56. The fourth-order valence-corrected chi connectivity index (χ4v) is 2.69. The Hall–Kier alpha value is -2.42. The quantitative estimate of drug-likeness (QED) is 0.800. The number of ketones is 1. The van der Waals surface area contributed by atoms with Crippen LogP contribution in [0, 0.1) is 0 Å². The van der Waals surface area contributed by atoms with Gasteiger partial charge in [-0.1, -0.05) is 48.5 Å². The van der Waals surface area contributed by atoms with E-state index in [-0.39, 0.29) is 11.7 Å². The van der Waals surface area contributed by atoms with Gasteiger partial charge in [-0.2, -0.15) is 0 Å². The molecule has 3 nitrogen and oxygen atoms in total. The highest BCUT2D eigenvalue weighted by atomic mass is 16.2. The van der Waals surface area contributed by atoms with Crippen LogP contribution in [0.15, 0.2) is 54.6 Å². The van der Waals surface area contributed by atoms with E-state index in [0.29, 0.717) is 6.42 Å². The van der Waals surface area contributed by atoms with Crippen LogP contribution < -0.4 is 4.90 Å². The largest absolute Gasteiger partial charge is 0.314 e. The summed E-state index contributed by atoms with van der Waals surface area (Å²) in [6.45, 7) is 0. The maximum Gasteiger partial charge on any atom is 0.241 e. The first-order chi connectivity index (χ1) is 9.68. The van der Waals surface area contributed by atoms with Crippen LogP contribution in [0.3, 0.4) is 0 Å². The molecule has 0 radical (unpaired) electrons. The summed E-state index contributed by atoms with van der Waals surface area (Å²) in [5.41, 5.74) is 2.60. The van der Waals surface area contributed by atoms with Gasteiger partial charge in [0.05, 0.1) is 0 Å². The van der Waals surface area contributed by atoms with Crippen molar-refractivity contribution in [3.05, 3.63) is 65.7 Å². The smallest absolute Gasteiger partial charge is 0.241 e. The Morgan fingerprint density at radius 3 is 2.45 bits per heavy atom. The lowest BCUT2D eigenvalue weighted by atomic mass is 9.92. The molecule has 2 aromatic carbocycles. The second-order valence-electron chi connectivity index (χ2n) is 5.02. The average Bonchev–Trinajstić information content (AvgIpc) is 2.72. The molecule has 0 saturated heterocycles. The van der Waals surface area contributed by atoms with Gasteiger partial charge in [0.15, 0.2) is 5.78 Å². The van der Waals surface area contributed by atoms with Gasteiger partial charge < -0.3 is 4.90 Å². The number of likely N-dealkylation sites (N-methyl/N-ethyl adjacent to an activating group) is 1. The van der Waals surface area contributed by atoms with Crippen molar-refractivity contribution >= 4 is 17.4 Å². The van der Waals surface area contributed by atoms with Gasteiger partial charge in [-0.3, -0.25) is 9.59 Å². The van der Waals surface area contributed by atoms with Crippen molar-refractivity contribution in [2.45, 2.75) is 12.3 Å². The Morgan fingerprint density at radius 2 is 1.70 bits per heavy atom. The maximum absolute atomic E-state index is 12.5. The van der Waals surface area contributed by atoms with Crippen LogP contribution in [-0.2, 0) is 16.0 Å². The summed E-state index contributed by atoms with van der Waals surface area (Å²) in [7, 11) is 1.72.